The van der Waals surface area contributed by atoms with Gasteiger partial charge in [0.05, 0.1) is 0 Å². The first kappa shape index (κ1) is 13.1. The third-order valence-electron chi connectivity index (χ3n) is 3.45. The van der Waals surface area contributed by atoms with Crippen LogP contribution in [0.3, 0.4) is 0 Å². The Morgan fingerprint density at radius 2 is 1.95 bits per heavy atom. The van der Waals surface area contributed by atoms with E-state index in [-0.39, 0.29) is 5.91 Å². The molecular weight excluding hydrogens is 264 g/mol. The molecule has 0 unspecified atom stereocenters. The third-order valence-corrected chi connectivity index (χ3v) is 3.45. The van der Waals surface area contributed by atoms with Crippen LogP contribution in [-0.4, -0.2) is 12.3 Å². The predicted molar refractivity (Wildman–Crippen MR) is 81.1 cm³/mol. The molecule has 4 nitrogen and oxygen atoms in total. The fourth-order valence-corrected chi connectivity index (χ4v) is 2.38. The zero-order valence-electron chi connectivity index (χ0n) is 11.3. The van der Waals surface area contributed by atoms with Gasteiger partial charge in [-0.25, -0.2) is 0 Å². The number of fused-ring (bicyclic) bond motifs is 1. The van der Waals surface area contributed by atoms with Crippen LogP contribution >= 0.6 is 0 Å². The van der Waals surface area contributed by atoms with E-state index in [4.69, 9.17) is 0 Å². The molecule has 0 aliphatic carbocycles. The highest BCUT2D eigenvalue weighted by Gasteiger charge is 2.13. The number of nitrogens with one attached hydrogen (secondary N) is 2. The second-order valence-electron chi connectivity index (χ2n) is 4.78. The molecule has 0 aromatic heterocycles. The van der Waals surface area contributed by atoms with Crippen LogP contribution in [0.2, 0.25) is 0 Å². The minimum Gasteiger partial charge on any atom is -0.380 e. The monoisotopic (exact) mass is 278 g/mol. The number of benzene rings is 2. The first-order valence-corrected chi connectivity index (χ1v) is 6.66. The Morgan fingerprint density at radius 1 is 1.14 bits per heavy atom. The van der Waals surface area contributed by atoms with Gasteiger partial charge in [-0.05, 0) is 34.9 Å². The molecule has 0 saturated heterocycles. The summed E-state index contributed by atoms with van der Waals surface area (Å²) in [6.07, 6.45) is 2.46. The predicted octanol–water partition coefficient (Wildman–Crippen LogP) is 2.17. The van der Waals surface area contributed by atoms with Crippen molar-refractivity contribution < 1.29 is 9.59 Å². The maximum absolute atomic E-state index is 11.6. The largest absolute Gasteiger partial charge is 0.380 e. The van der Waals surface area contributed by atoms with Crippen molar-refractivity contribution in [2.75, 3.05) is 0 Å². The quantitative estimate of drug-likeness (QED) is 0.846. The SMILES string of the molecule is O=CNC(=O)c1ccc2c(c1)CNC(c1ccccc1)=C2. The maximum Gasteiger partial charge on any atom is 0.257 e. The zero-order valence-corrected chi connectivity index (χ0v) is 11.3. The van der Waals surface area contributed by atoms with Crippen molar-refractivity contribution in [3.8, 4) is 0 Å². The van der Waals surface area contributed by atoms with Crippen molar-refractivity contribution in [1.29, 1.82) is 0 Å². The van der Waals surface area contributed by atoms with Gasteiger partial charge in [0.25, 0.3) is 5.91 Å². The van der Waals surface area contributed by atoms with E-state index in [1.807, 2.05) is 24.3 Å². The van der Waals surface area contributed by atoms with Crippen LogP contribution in [0, 0.1) is 0 Å². The fourth-order valence-electron chi connectivity index (χ4n) is 2.38. The molecule has 1 heterocycles. The fraction of sp³-hybridized carbons (Fsp3) is 0.0588. The average Bonchev–Trinajstić information content (AvgIpc) is 2.55. The van der Waals surface area contributed by atoms with Gasteiger partial charge < -0.3 is 5.32 Å². The standard InChI is InChI=1S/C17H14N2O2/c20-11-19-17(21)14-7-6-13-9-16(18-10-15(13)8-14)12-4-2-1-3-5-12/h1-9,11,18H,10H2,(H,19,20,21). The van der Waals surface area contributed by atoms with E-state index in [1.54, 1.807) is 12.1 Å². The molecule has 2 N–H and O–H groups in total. The maximum atomic E-state index is 11.6. The van der Waals surface area contributed by atoms with E-state index in [0.29, 0.717) is 18.5 Å². The Kier molecular flexibility index (Phi) is 3.51. The highest BCUT2D eigenvalue weighted by molar-refractivity contribution is 6.00. The Bertz CT molecular complexity index is 721. The lowest BCUT2D eigenvalue weighted by Gasteiger charge is -2.19. The van der Waals surface area contributed by atoms with E-state index in [1.165, 1.54) is 0 Å². The van der Waals surface area contributed by atoms with Crippen LogP contribution in [0.25, 0.3) is 11.8 Å². The summed E-state index contributed by atoms with van der Waals surface area (Å²) >= 11 is 0. The van der Waals surface area contributed by atoms with Crippen molar-refractivity contribution in [3.63, 3.8) is 0 Å². The molecule has 0 fully saturated rings. The summed E-state index contributed by atoms with van der Waals surface area (Å²) in [6, 6.07) is 15.5. The number of hydrogen-bond acceptors (Lipinski definition) is 3. The minimum atomic E-state index is -0.384. The van der Waals surface area contributed by atoms with E-state index in [2.05, 4.69) is 28.8 Å². The molecule has 0 saturated carbocycles. The molecule has 21 heavy (non-hydrogen) atoms. The molecule has 104 valence electrons. The molecule has 1 aliphatic heterocycles. The van der Waals surface area contributed by atoms with Crippen LogP contribution in [-0.2, 0) is 11.3 Å². The van der Waals surface area contributed by atoms with Gasteiger partial charge in [-0.2, -0.15) is 0 Å². The van der Waals surface area contributed by atoms with Crippen LogP contribution < -0.4 is 10.6 Å². The molecule has 2 aromatic carbocycles. The Balaban J connectivity index is 1.92. The van der Waals surface area contributed by atoms with Crippen molar-refractivity contribution in [1.82, 2.24) is 10.6 Å². The second kappa shape index (κ2) is 5.63. The molecule has 1 aliphatic rings. The number of carbonyl (C=O) groups is 2. The first-order valence-electron chi connectivity index (χ1n) is 6.66. The third kappa shape index (κ3) is 2.69. The summed E-state index contributed by atoms with van der Waals surface area (Å²) in [5.41, 5.74) is 4.79. The normalized spacial score (nSPS) is 12.7. The number of amides is 2. The molecule has 0 spiro atoms. The second-order valence-corrected chi connectivity index (χ2v) is 4.78. The number of imide groups is 1. The number of hydrogen-bond donors (Lipinski definition) is 2. The van der Waals surface area contributed by atoms with E-state index in [9.17, 15) is 9.59 Å². The lowest BCUT2D eigenvalue weighted by Crippen LogP contribution is -2.22. The van der Waals surface area contributed by atoms with Crippen LogP contribution in [0.5, 0.6) is 0 Å². The average molecular weight is 278 g/mol. The van der Waals surface area contributed by atoms with Gasteiger partial charge in [-0.15, -0.1) is 0 Å². The summed E-state index contributed by atoms with van der Waals surface area (Å²) in [5.74, 6) is -0.384. The minimum absolute atomic E-state index is 0.384. The molecule has 4 heteroatoms. The van der Waals surface area contributed by atoms with Gasteiger partial charge >= 0.3 is 0 Å². The van der Waals surface area contributed by atoms with E-state index < -0.39 is 0 Å². The lowest BCUT2D eigenvalue weighted by molar-refractivity contribution is -0.108. The topological polar surface area (TPSA) is 58.2 Å². The molecular formula is C17H14N2O2. The van der Waals surface area contributed by atoms with Crippen molar-refractivity contribution >= 4 is 24.1 Å². The highest BCUT2D eigenvalue weighted by Crippen LogP contribution is 2.24. The Morgan fingerprint density at radius 3 is 2.71 bits per heavy atom. The van der Waals surface area contributed by atoms with Crippen LogP contribution in [0.4, 0.5) is 0 Å². The number of carbonyl (C=O) groups excluding carboxylic acids is 2. The lowest BCUT2D eigenvalue weighted by atomic mass is 9.97. The van der Waals surface area contributed by atoms with Gasteiger partial charge in [-0.3, -0.25) is 14.9 Å². The van der Waals surface area contributed by atoms with Crippen LogP contribution in [0.15, 0.2) is 48.5 Å². The van der Waals surface area contributed by atoms with Gasteiger partial charge in [-0.1, -0.05) is 36.4 Å². The summed E-state index contributed by atoms with van der Waals surface area (Å²) in [7, 11) is 0. The Labute approximate surface area is 122 Å². The molecule has 0 radical (unpaired) electrons. The molecule has 2 amide bonds. The molecule has 3 rings (SSSR count). The first-order chi connectivity index (χ1) is 10.3. The Hall–Kier alpha value is -2.88. The van der Waals surface area contributed by atoms with Gasteiger partial charge in [0.1, 0.15) is 0 Å². The molecule has 0 atom stereocenters. The van der Waals surface area contributed by atoms with Crippen molar-refractivity contribution in [3.05, 3.63) is 70.8 Å². The summed E-state index contributed by atoms with van der Waals surface area (Å²) in [4.78, 5) is 22.0. The number of rotatable bonds is 3. The van der Waals surface area contributed by atoms with E-state index in [0.717, 1.165) is 22.4 Å². The summed E-state index contributed by atoms with van der Waals surface area (Å²) in [6.45, 7) is 0.651. The van der Waals surface area contributed by atoms with Gasteiger partial charge in [0.15, 0.2) is 0 Å². The van der Waals surface area contributed by atoms with Crippen LogP contribution in [0.1, 0.15) is 27.0 Å². The smallest absolute Gasteiger partial charge is 0.257 e. The van der Waals surface area contributed by atoms with Crippen molar-refractivity contribution in [2.45, 2.75) is 6.54 Å². The summed E-state index contributed by atoms with van der Waals surface area (Å²) in [5, 5.41) is 5.50. The van der Waals surface area contributed by atoms with Gasteiger partial charge in [0, 0.05) is 17.8 Å². The molecule has 0 bridgehead atoms. The zero-order chi connectivity index (χ0) is 14.7. The summed E-state index contributed by atoms with van der Waals surface area (Å²) < 4.78 is 0. The van der Waals surface area contributed by atoms with E-state index >= 15 is 0 Å². The van der Waals surface area contributed by atoms with Gasteiger partial charge in [0.2, 0.25) is 6.41 Å². The highest BCUT2D eigenvalue weighted by atomic mass is 16.2. The van der Waals surface area contributed by atoms with Crippen molar-refractivity contribution in [2.24, 2.45) is 0 Å². The molecule has 2 aromatic rings.